The summed E-state index contributed by atoms with van der Waals surface area (Å²) in [5.74, 6) is -0.340. The van der Waals surface area contributed by atoms with Crippen LogP contribution in [-0.4, -0.2) is 29.8 Å². The van der Waals surface area contributed by atoms with Gasteiger partial charge in [0.1, 0.15) is 0 Å². The molecule has 0 saturated heterocycles. The monoisotopic (exact) mass is 244 g/mol. The van der Waals surface area contributed by atoms with E-state index in [1.807, 2.05) is 0 Å². The molecule has 0 heterocycles. The van der Waals surface area contributed by atoms with Gasteiger partial charge in [0.05, 0.1) is 0 Å². The largest absolute Gasteiger partial charge is 0.479 e. The van der Waals surface area contributed by atoms with Crippen LogP contribution < -0.4 is 10.8 Å². The van der Waals surface area contributed by atoms with Crippen LogP contribution in [0.2, 0.25) is 0 Å². The highest BCUT2D eigenvalue weighted by Crippen LogP contribution is 2.26. The first-order valence-corrected chi connectivity index (χ1v) is 6.02. The number of amides is 2. The maximum absolute atomic E-state index is 11.3. The Morgan fingerprint density at radius 3 is 2.47 bits per heavy atom. The second kappa shape index (κ2) is 7.11. The van der Waals surface area contributed by atoms with Gasteiger partial charge in [-0.15, -0.1) is 0 Å². The summed E-state index contributed by atoms with van der Waals surface area (Å²) in [5.41, 5.74) is 2.06. The highest BCUT2D eigenvalue weighted by atomic mass is 16.7. The van der Waals surface area contributed by atoms with Crippen molar-refractivity contribution in [2.75, 3.05) is 6.61 Å². The Balaban J connectivity index is 2.12. The molecule has 1 rings (SSSR count). The van der Waals surface area contributed by atoms with Gasteiger partial charge in [-0.05, 0) is 31.6 Å². The minimum absolute atomic E-state index is 0.172. The van der Waals surface area contributed by atoms with Crippen LogP contribution in [0.4, 0.5) is 4.79 Å². The Morgan fingerprint density at radius 2 is 1.94 bits per heavy atom. The highest BCUT2D eigenvalue weighted by molar-refractivity contribution is 5.73. The second-order valence-electron chi connectivity index (χ2n) is 4.38. The van der Waals surface area contributed by atoms with E-state index in [4.69, 9.17) is 5.11 Å². The lowest BCUT2D eigenvalue weighted by molar-refractivity contribution is -0.144. The van der Waals surface area contributed by atoms with E-state index in [1.165, 1.54) is 6.42 Å². The molecule has 2 amide bonds. The van der Waals surface area contributed by atoms with Crippen LogP contribution in [0.3, 0.4) is 0 Å². The van der Waals surface area contributed by atoms with Gasteiger partial charge in [-0.1, -0.05) is 13.3 Å². The predicted octanol–water partition coefficient (Wildman–Crippen LogP) is 1.27. The lowest BCUT2D eigenvalue weighted by atomic mass is 9.85. The normalized spacial score (nSPS) is 24.1. The van der Waals surface area contributed by atoms with Crippen molar-refractivity contribution in [1.29, 1.82) is 0 Å². The number of hydrogen-bond acceptors (Lipinski definition) is 3. The van der Waals surface area contributed by atoms with Crippen molar-refractivity contribution in [3.05, 3.63) is 0 Å². The van der Waals surface area contributed by atoms with Crippen LogP contribution in [0.5, 0.6) is 0 Å². The third-order valence-electron chi connectivity index (χ3n) is 3.12. The quantitative estimate of drug-likeness (QED) is 0.635. The molecule has 0 aromatic carbocycles. The molecule has 0 aromatic heterocycles. The van der Waals surface area contributed by atoms with Gasteiger partial charge in [-0.2, -0.15) is 0 Å². The third kappa shape index (κ3) is 5.53. The topological polar surface area (TPSA) is 87.7 Å². The van der Waals surface area contributed by atoms with E-state index in [0.717, 1.165) is 31.6 Å². The van der Waals surface area contributed by atoms with Gasteiger partial charge in [-0.25, -0.2) is 15.1 Å². The summed E-state index contributed by atoms with van der Waals surface area (Å²) < 4.78 is 0. The fourth-order valence-corrected chi connectivity index (χ4v) is 2.09. The number of carbonyl (C=O) groups excluding carboxylic acids is 1. The van der Waals surface area contributed by atoms with E-state index in [2.05, 4.69) is 22.6 Å². The van der Waals surface area contributed by atoms with E-state index in [-0.39, 0.29) is 6.04 Å². The molecule has 0 bridgehead atoms. The zero-order valence-electron chi connectivity index (χ0n) is 10.1. The summed E-state index contributed by atoms with van der Waals surface area (Å²) in [5, 5.41) is 11.1. The Morgan fingerprint density at radius 1 is 1.29 bits per heavy atom. The zero-order chi connectivity index (χ0) is 12.7. The van der Waals surface area contributed by atoms with Crippen molar-refractivity contribution in [2.45, 2.75) is 45.1 Å². The molecule has 1 aliphatic rings. The van der Waals surface area contributed by atoms with Crippen LogP contribution in [0.15, 0.2) is 0 Å². The molecule has 98 valence electrons. The number of hydrogen-bond donors (Lipinski definition) is 3. The van der Waals surface area contributed by atoms with Gasteiger partial charge < -0.3 is 10.4 Å². The first kappa shape index (κ1) is 13.8. The van der Waals surface area contributed by atoms with E-state index in [0.29, 0.717) is 0 Å². The van der Waals surface area contributed by atoms with Crippen molar-refractivity contribution >= 4 is 12.0 Å². The van der Waals surface area contributed by atoms with Crippen LogP contribution in [0.25, 0.3) is 0 Å². The van der Waals surface area contributed by atoms with Crippen molar-refractivity contribution in [3.8, 4) is 0 Å². The summed E-state index contributed by atoms with van der Waals surface area (Å²) in [4.78, 5) is 25.9. The minimum Gasteiger partial charge on any atom is -0.479 e. The fourth-order valence-electron chi connectivity index (χ4n) is 2.09. The Bertz CT molecular complexity index is 262. The number of aliphatic carboxylic acids is 1. The van der Waals surface area contributed by atoms with Crippen molar-refractivity contribution in [3.63, 3.8) is 0 Å². The average Bonchev–Trinajstić information content (AvgIpc) is 2.29. The Kier molecular flexibility index (Phi) is 5.76. The van der Waals surface area contributed by atoms with E-state index in [9.17, 15) is 9.59 Å². The smallest absolute Gasteiger partial charge is 0.338 e. The molecule has 0 spiro atoms. The first-order valence-electron chi connectivity index (χ1n) is 6.02. The van der Waals surface area contributed by atoms with Gasteiger partial charge in [0.25, 0.3) is 0 Å². The minimum atomic E-state index is -1.12. The van der Waals surface area contributed by atoms with Gasteiger partial charge in [0.2, 0.25) is 0 Å². The summed E-state index contributed by atoms with van der Waals surface area (Å²) in [7, 11) is 0. The maximum Gasteiger partial charge on any atom is 0.338 e. The number of rotatable bonds is 5. The predicted molar refractivity (Wildman–Crippen MR) is 61.3 cm³/mol. The van der Waals surface area contributed by atoms with E-state index < -0.39 is 18.6 Å². The molecule has 1 fully saturated rings. The highest BCUT2D eigenvalue weighted by Gasteiger charge is 2.21. The van der Waals surface area contributed by atoms with Crippen LogP contribution in [0.1, 0.15) is 39.0 Å². The average molecular weight is 244 g/mol. The Hall–Kier alpha value is -1.30. The first-order chi connectivity index (χ1) is 8.11. The van der Waals surface area contributed by atoms with Crippen LogP contribution in [-0.2, 0) is 9.63 Å². The summed E-state index contributed by atoms with van der Waals surface area (Å²) in [6, 6.07) is -0.294. The second-order valence-corrected chi connectivity index (χ2v) is 4.38. The number of carboxylic acids is 1. The molecule has 3 N–H and O–H groups in total. The number of urea groups is 1. The maximum atomic E-state index is 11.3. The zero-order valence-corrected chi connectivity index (χ0v) is 10.1. The molecule has 17 heavy (non-hydrogen) atoms. The summed E-state index contributed by atoms with van der Waals surface area (Å²) in [6.07, 6.45) is 5.42. The molecule has 1 aliphatic carbocycles. The van der Waals surface area contributed by atoms with Gasteiger partial charge in [-0.3, -0.25) is 4.84 Å². The molecule has 0 radical (unpaired) electrons. The van der Waals surface area contributed by atoms with Crippen molar-refractivity contribution in [2.24, 2.45) is 5.92 Å². The standard InChI is InChI=1S/C11H20N2O4/c1-2-8-3-5-9(6-4-8)12-11(16)13-17-7-10(14)15/h8-9H,2-7H2,1H3,(H,14,15)(H2,12,13,16). The molecular weight excluding hydrogens is 224 g/mol. The molecule has 0 aliphatic heterocycles. The molecule has 1 saturated carbocycles. The van der Waals surface area contributed by atoms with E-state index in [1.54, 1.807) is 0 Å². The number of hydroxylamine groups is 1. The van der Waals surface area contributed by atoms with Gasteiger partial charge in [0.15, 0.2) is 6.61 Å². The molecule has 0 atom stereocenters. The number of carboxylic acid groups (broad SMARTS) is 1. The number of carbonyl (C=O) groups is 2. The summed E-state index contributed by atoms with van der Waals surface area (Å²) in [6.45, 7) is 1.65. The Labute approximate surface area is 101 Å². The van der Waals surface area contributed by atoms with Crippen LogP contribution >= 0.6 is 0 Å². The fraction of sp³-hybridized carbons (Fsp3) is 0.818. The SMILES string of the molecule is CCC1CCC(NC(=O)NOCC(=O)O)CC1. The molecule has 0 unspecified atom stereocenters. The molecular formula is C11H20N2O4. The lowest BCUT2D eigenvalue weighted by Gasteiger charge is -2.28. The number of nitrogens with one attached hydrogen (secondary N) is 2. The van der Waals surface area contributed by atoms with Gasteiger partial charge >= 0.3 is 12.0 Å². The molecule has 6 nitrogen and oxygen atoms in total. The third-order valence-corrected chi connectivity index (χ3v) is 3.12. The molecule has 6 heteroatoms. The lowest BCUT2D eigenvalue weighted by Crippen LogP contribution is -2.44. The van der Waals surface area contributed by atoms with Crippen LogP contribution in [0, 0.1) is 5.92 Å². The summed E-state index contributed by atoms with van der Waals surface area (Å²) >= 11 is 0. The van der Waals surface area contributed by atoms with Crippen molar-refractivity contribution < 1.29 is 19.5 Å². The van der Waals surface area contributed by atoms with Gasteiger partial charge in [0, 0.05) is 6.04 Å². The van der Waals surface area contributed by atoms with E-state index >= 15 is 0 Å². The molecule has 0 aromatic rings. The van der Waals surface area contributed by atoms with Crippen molar-refractivity contribution in [1.82, 2.24) is 10.8 Å².